The molecule has 2 N–H and O–H groups in total. The van der Waals surface area contributed by atoms with Crippen molar-refractivity contribution in [3.63, 3.8) is 0 Å². The zero-order valence-corrected chi connectivity index (χ0v) is 12.7. The van der Waals surface area contributed by atoms with Gasteiger partial charge in [0, 0.05) is 24.7 Å². The van der Waals surface area contributed by atoms with Crippen molar-refractivity contribution in [2.75, 3.05) is 12.3 Å². The summed E-state index contributed by atoms with van der Waals surface area (Å²) in [6, 6.07) is 3.46. The molecule has 0 spiro atoms. The first kappa shape index (κ1) is 15.7. The Hall–Kier alpha value is -1.67. The number of hydrogen-bond donors (Lipinski definition) is 1. The second kappa shape index (κ2) is 5.98. The first-order valence-electron chi connectivity index (χ1n) is 6.93. The SMILES string of the molecule is CCC1CCCCN1S(=O)(=O)c1cc([N+](=O)[O-])ccc1N. The first-order valence-corrected chi connectivity index (χ1v) is 8.37. The van der Waals surface area contributed by atoms with E-state index in [1.165, 1.54) is 16.4 Å². The maximum Gasteiger partial charge on any atom is 0.270 e. The predicted molar refractivity (Wildman–Crippen MR) is 79.3 cm³/mol. The van der Waals surface area contributed by atoms with Gasteiger partial charge in [-0.1, -0.05) is 13.3 Å². The number of nitro groups is 1. The first-order chi connectivity index (χ1) is 9.87. The zero-order valence-electron chi connectivity index (χ0n) is 11.9. The lowest BCUT2D eigenvalue weighted by Crippen LogP contribution is -2.43. The van der Waals surface area contributed by atoms with Gasteiger partial charge in [0.25, 0.3) is 5.69 Å². The molecule has 1 aromatic rings. The molecule has 0 bridgehead atoms. The number of rotatable bonds is 4. The number of non-ortho nitro benzene ring substituents is 1. The third-order valence-corrected chi connectivity index (χ3v) is 5.85. The molecule has 1 heterocycles. The standard InChI is InChI=1S/C13H19N3O4S/c1-2-10-5-3-4-8-15(10)21(19,20)13-9-11(16(17)18)6-7-12(13)14/h6-7,9-10H,2-5,8,14H2,1H3. The van der Waals surface area contributed by atoms with Crippen molar-refractivity contribution in [2.24, 2.45) is 0 Å². The zero-order chi connectivity index (χ0) is 15.6. The highest BCUT2D eigenvalue weighted by Gasteiger charge is 2.34. The molecule has 1 atom stereocenters. The van der Waals surface area contributed by atoms with Crippen LogP contribution < -0.4 is 5.73 Å². The highest BCUT2D eigenvalue weighted by molar-refractivity contribution is 7.89. The van der Waals surface area contributed by atoms with Gasteiger partial charge in [0.1, 0.15) is 4.90 Å². The Labute approximate surface area is 123 Å². The lowest BCUT2D eigenvalue weighted by Gasteiger charge is -2.34. The number of hydrogen-bond acceptors (Lipinski definition) is 5. The molecule has 0 aliphatic carbocycles. The number of nitrogens with two attached hydrogens (primary N) is 1. The van der Waals surface area contributed by atoms with Crippen molar-refractivity contribution in [1.82, 2.24) is 4.31 Å². The molecule has 0 saturated carbocycles. The van der Waals surface area contributed by atoms with Crippen molar-refractivity contribution in [3.05, 3.63) is 28.3 Å². The Morgan fingerprint density at radius 2 is 2.14 bits per heavy atom. The molecule has 1 aliphatic heterocycles. The summed E-state index contributed by atoms with van der Waals surface area (Å²) in [5, 5.41) is 10.8. The average Bonchev–Trinajstić information content (AvgIpc) is 2.47. The predicted octanol–water partition coefficient (Wildman–Crippen LogP) is 2.13. The molecule has 2 rings (SSSR count). The Balaban J connectivity index is 2.47. The van der Waals surface area contributed by atoms with Crippen molar-refractivity contribution in [1.29, 1.82) is 0 Å². The number of piperidine rings is 1. The molecular formula is C13H19N3O4S. The van der Waals surface area contributed by atoms with Crippen LogP contribution in [0, 0.1) is 10.1 Å². The minimum absolute atomic E-state index is 0.0426. The van der Waals surface area contributed by atoms with E-state index in [1.54, 1.807) is 0 Å². The van der Waals surface area contributed by atoms with Crippen molar-refractivity contribution in [3.8, 4) is 0 Å². The van der Waals surface area contributed by atoms with Crippen LogP contribution in [0.1, 0.15) is 32.6 Å². The van der Waals surface area contributed by atoms with Crippen LogP contribution in [0.4, 0.5) is 11.4 Å². The van der Waals surface area contributed by atoms with Crippen LogP contribution in [0.2, 0.25) is 0 Å². The topological polar surface area (TPSA) is 107 Å². The fraction of sp³-hybridized carbons (Fsp3) is 0.538. The summed E-state index contributed by atoms with van der Waals surface area (Å²) in [6.07, 6.45) is 3.32. The molecule has 8 heteroatoms. The van der Waals surface area contributed by atoms with E-state index in [0.29, 0.717) is 13.0 Å². The Kier molecular flexibility index (Phi) is 4.48. The molecule has 7 nitrogen and oxygen atoms in total. The highest BCUT2D eigenvalue weighted by atomic mass is 32.2. The van der Waals surface area contributed by atoms with Crippen LogP contribution in [0.15, 0.2) is 23.1 Å². The molecule has 0 amide bonds. The normalized spacial score (nSPS) is 20.3. The summed E-state index contributed by atoms with van der Waals surface area (Å²) in [6.45, 7) is 2.37. The van der Waals surface area contributed by atoms with E-state index in [0.717, 1.165) is 25.3 Å². The Morgan fingerprint density at radius 3 is 2.76 bits per heavy atom. The van der Waals surface area contributed by atoms with Crippen molar-refractivity contribution >= 4 is 21.4 Å². The van der Waals surface area contributed by atoms with E-state index in [-0.39, 0.29) is 22.3 Å². The molecule has 1 saturated heterocycles. The molecule has 1 aliphatic rings. The summed E-state index contributed by atoms with van der Waals surface area (Å²) < 4.78 is 27.0. The van der Waals surface area contributed by atoms with Crippen LogP contribution in [-0.4, -0.2) is 30.2 Å². The summed E-state index contributed by atoms with van der Waals surface area (Å²) >= 11 is 0. The van der Waals surface area contributed by atoms with Gasteiger partial charge in [-0.3, -0.25) is 10.1 Å². The average molecular weight is 313 g/mol. The van der Waals surface area contributed by atoms with Crippen LogP contribution in [-0.2, 0) is 10.0 Å². The van der Waals surface area contributed by atoms with E-state index in [1.807, 2.05) is 6.92 Å². The van der Waals surface area contributed by atoms with Gasteiger partial charge >= 0.3 is 0 Å². The molecule has 116 valence electrons. The maximum absolute atomic E-state index is 12.8. The Bertz CT molecular complexity index is 645. The van der Waals surface area contributed by atoms with Crippen LogP contribution in [0.25, 0.3) is 0 Å². The molecule has 1 unspecified atom stereocenters. The van der Waals surface area contributed by atoms with Gasteiger partial charge in [-0.05, 0) is 25.3 Å². The van der Waals surface area contributed by atoms with Crippen LogP contribution in [0.5, 0.6) is 0 Å². The number of nitrogens with zero attached hydrogens (tertiary/aromatic N) is 2. The van der Waals surface area contributed by atoms with Gasteiger partial charge in [-0.2, -0.15) is 4.31 Å². The van der Waals surface area contributed by atoms with Crippen LogP contribution >= 0.6 is 0 Å². The van der Waals surface area contributed by atoms with E-state index in [9.17, 15) is 18.5 Å². The van der Waals surface area contributed by atoms with Gasteiger partial charge in [0.05, 0.1) is 10.6 Å². The summed E-state index contributed by atoms with van der Waals surface area (Å²) in [5.74, 6) is 0. The summed E-state index contributed by atoms with van der Waals surface area (Å²) in [5.41, 5.74) is 5.51. The van der Waals surface area contributed by atoms with E-state index >= 15 is 0 Å². The summed E-state index contributed by atoms with van der Waals surface area (Å²) in [4.78, 5) is 10.1. The number of anilines is 1. The lowest BCUT2D eigenvalue weighted by atomic mass is 10.0. The van der Waals surface area contributed by atoms with E-state index in [4.69, 9.17) is 5.73 Å². The smallest absolute Gasteiger partial charge is 0.270 e. The highest BCUT2D eigenvalue weighted by Crippen LogP contribution is 2.31. The molecule has 0 aromatic heterocycles. The number of sulfonamides is 1. The molecule has 21 heavy (non-hydrogen) atoms. The second-order valence-electron chi connectivity index (χ2n) is 5.15. The largest absolute Gasteiger partial charge is 0.398 e. The lowest BCUT2D eigenvalue weighted by molar-refractivity contribution is -0.385. The fourth-order valence-electron chi connectivity index (χ4n) is 2.68. The second-order valence-corrected chi connectivity index (χ2v) is 7.01. The van der Waals surface area contributed by atoms with Gasteiger partial charge in [0.2, 0.25) is 10.0 Å². The number of benzene rings is 1. The minimum atomic E-state index is -3.81. The van der Waals surface area contributed by atoms with Crippen molar-refractivity contribution < 1.29 is 13.3 Å². The molecular weight excluding hydrogens is 294 g/mol. The monoisotopic (exact) mass is 313 g/mol. The third-order valence-electron chi connectivity index (χ3n) is 3.84. The van der Waals surface area contributed by atoms with E-state index in [2.05, 4.69) is 0 Å². The van der Waals surface area contributed by atoms with Gasteiger partial charge < -0.3 is 5.73 Å². The molecule has 0 radical (unpaired) electrons. The van der Waals surface area contributed by atoms with E-state index < -0.39 is 14.9 Å². The Morgan fingerprint density at radius 1 is 1.43 bits per heavy atom. The van der Waals surface area contributed by atoms with Gasteiger partial charge in [-0.15, -0.1) is 0 Å². The van der Waals surface area contributed by atoms with Gasteiger partial charge in [-0.25, -0.2) is 8.42 Å². The fourth-order valence-corrected chi connectivity index (χ4v) is 4.59. The quantitative estimate of drug-likeness (QED) is 0.520. The third kappa shape index (κ3) is 3.01. The minimum Gasteiger partial charge on any atom is -0.398 e. The number of nitrogen functional groups attached to an aromatic ring is 1. The van der Waals surface area contributed by atoms with Gasteiger partial charge in [0.15, 0.2) is 0 Å². The summed E-state index contributed by atoms with van der Waals surface area (Å²) in [7, 11) is -3.81. The maximum atomic E-state index is 12.8. The van der Waals surface area contributed by atoms with Crippen LogP contribution in [0.3, 0.4) is 0 Å². The van der Waals surface area contributed by atoms with Crippen molar-refractivity contribution in [2.45, 2.75) is 43.5 Å². The molecule has 1 fully saturated rings. The molecule has 1 aromatic carbocycles. The number of nitro benzene ring substituents is 1.